The van der Waals surface area contributed by atoms with Gasteiger partial charge in [-0.2, -0.15) is 0 Å². The maximum absolute atomic E-state index is 10.7. The predicted octanol–water partition coefficient (Wildman–Crippen LogP) is -0.998. The fourth-order valence-electron chi connectivity index (χ4n) is 0.655. The molecule has 0 saturated carbocycles. The number of carbonyl (C=O) groups is 2. The first kappa shape index (κ1) is 13.6. The molecule has 15 heavy (non-hydrogen) atoms. The van der Waals surface area contributed by atoms with Crippen LogP contribution in [-0.4, -0.2) is 48.1 Å². The number of hydrogen-bond donors (Lipinski definition) is 2. The van der Waals surface area contributed by atoms with E-state index in [-0.39, 0.29) is 25.9 Å². The zero-order valence-corrected chi connectivity index (χ0v) is 8.38. The Kier molecular flexibility index (Phi) is 7.21. The Morgan fingerprint density at radius 1 is 1.27 bits per heavy atom. The van der Waals surface area contributed by atoms with Gasteiger partial charge >= 0.3 is 11.9 Å². The van der Waals surface area contributed by atoms with Gasteiger partial charge in [0.15, 0.2) is 0 Å². The van der Waals surface area contributed by atoms with Crippen molar-refractivity contribution in [1.29, 1.82) is 0 Å². The Morgan fingerprint density at radius 2 is 1.80 bits per heavy atom. The van der Waals surface area contributed by atoms with Crippen LogP contribution in [0.15, 0.2) is 12.2 Å². The van der Waals surface area contributed by atoms with Gasteiger partial charge in [-0.3, -0.25) is 0 Å². The van der Waals surface area contributed by atoms with Crippen LogP contribution in [-0.2, 0) is 19.1 Å². The molecule has 0 aromatic heterocycles. The van der Waals surface area contributed by atoms with E-state index in [4.69, 9.17) is 14.9 Å². The van der Waals surface area contributed by atoms with E-state index in [0.717, 1.165) is 12.2 Å². The molecule has 0 bridgehead atoms. The first-order valence-corrected chi connectivity index (χ1v) is 4.37. The maximum Gasteiger partial charge on any atom is 0.331 e. The van der Waals surface area contributed by atoms with Crippen molar-refractivity contribution in [2.45, 2.75) is 13.0 Å². The summed E-state index contributed by atoms with van der Waals surface area (Å²) in [6.45, 7) is 1.53. The molecule has 1 unspecified atom stereocenters. The summed E-state index contributed by atoms with van der Waals surface area (Å²) in [7, 11) is 0. The van der Waals surface area contributed by atoms with Crippen molar-refractivity contribution in [1.82, 2.24) is 0 Å². The van der Waals surface area contributed by atoms with E-state index in [2.05, 4.69) is 4.74 Å². The molecule has 0 aliphatic carbocycles. The SMILES string of the molecule is CC1COC(=O)/C=C/C(=O)O1.OCCO. The van der Waals surface area contributed by atoms with E-state index < -0.39 is 11.9 Å². The summed E-state index contributed by atoms with van der Waals surface area (Å²) in [6.07, 6.45) is 1.74. The highest BCUT2D eigenvalue weighted by molar-refractivity contribution is 5.92. The van der Waals surface area contributed by atoms with Gasteiger partial charge in [-0.25, -0.2) is 9.59 Å². The summed E-state index contributed by atoms with van der Waals surface area (Å²) < 4.78 is 9.38. The van der Waals surface area contributed by atoms with E-state index in [9.17, 15) is 9.59 Å². The second kappa shape index (κ2) is 7.95. The lowest BCUT2D eigenvalue weighted by Crippen LogP contribution is -2.23. The Hall–Kier alpha value is -1.40. The number of ether oxygens (including phenoxy) is 2. The van der Waals surface area contributed by atoms with Crippen LogP contribution in [0.25, 0.3) is 0 Å². The van der Waals surface area contributed by atoms with Gasteiger partial charge in [-0.15, -0.1) is 0 Å². The van der Waals surface area contributed by atoms with Crippen LogP contribution in [0.5, 0.6) is 0 Å². The van der Waals surface area contributed by atoms with Crippen LogP contribution < -0.4 is 0 Å². The minimum absolute atomic E-state index is 0.120. The molecule has 1 atom stereocenters. The molecule has 0 radical (unpaired) electrons. The van der Waals surface area contributed by atoms with Crippen LogP contribution in [0, 0.1) is 0 Å². The smallest absolute Gasteiger partial charge is 0.331 e. The van der Waals surface area contributed by atoms with E-state index in [0.29, 0.717) is 0 Å². The van der Waals surface area contributed by atoms with Gasteiger partial charge in [0.25, 0.3) is 0 Å². The standard InChI is InChI=1S/C7H8O4.C2H6O2/c1-5-4-10-6(8)2-3-7(9)11-5;3-1-2-4/h2-3,5H,4H2,1H3;3-4H,1-2H2/b3-2+;. The molecule has 6 heteroatoms. The second-order valence-electron chi connectivity index (χ2n) is 2.66. The quantitative estimate of drug-likeness (QED) is 0.548. The van der Waals surface area contributed by atoms with Crippen LogP contribution in [0.1, 0.15) is 6.92 Å². The van der Waals surface area contributed by atoms with Gasteiger partial charge in [0.1, 0.15) is 12.7 Å². The summed E-state index contributed by atoms with van der Waals surface area (Å²) in [5, 5.41) is 15.2. The summed E-state index contributed by atoms with van der Waals surface area (Å²) in [4.78, 5) is 21.3. The molecule has 6 nitrogen and oxygen atoms in total. The molecular weight excluding hydrogens is 204 g/mol. The summed E-state index contributed by atoms with van der Waals surface area (Å²) in [5.41, 5.74) is 0. The van der Waals surface area contributed by atoms with Crippen molar-refractivity contribution in [3.8, 4) is 0 Å². The fourth-order valence-corrected chi connectivity index (χ4v) is 0.655. The zero-order chi connectivity index (χ0) is 11.7. The Labute approximate surface area is 87.1 Å². The molecule has 0 aromatic carbocycles. The average molecular weight is 218 g/mol. The second-order valence-corrected chi connectivity index (χ2v) is 2.66. The molecule has 0 spiro atoms. The van der Waals surface area contributed by atoms with Crippen molar-refractivity contribution < 1.29 is 29.3 Å². The lowest BCUT2D eigenvalue weighted by Gasteiger charge is -2.13. The van der Waals surface area contributed by atoms with Crippen molar-refractivity contribution in [2.24, 2.45) is 0 Å². The van der Waals surface area contributed by atoms with E-state index in [1.54, 1.807) is 6.92 Å². The van der Waals surface area contributed by atoms with Crippen LogP contribution in [0.3, 0.4) is 0 Å². The highest BCUT2D eigenvalue weighted by Crippen LogP contribution is 1.98. The topological polar surface area (TPSA) is 93.1 Å². The zero-order valence-electron chi connectivity index (χ0n) is 8.38. The lowest BCUT2D eigenvalue weighted by atomic mass is 10.4. The molecule has 1 aliphatic rings. The molecule has 0 saturated heterocycles. The van der Waals surface area contributed by atoms with Crippen LogP contribution in [0.2, 0.25) is 0 Å². The minimum Gasteiger partial charge on any atom is -0.459 e. The minimum atomic E-state index is -0.506. The normalized spacial score (nSPS) is 22.5. The predicted molar refractivity (Wildman–Crippen MR) is 49.8 cm³/mol. The molecule has 1 rings (SSSR count). The monoisotopic (exact) mass is 218 g/mol. The molecular formula is C9H14O6. The number of cyclic esters (lactones) is 2. The summed E-state index contributed by atoms with van der Waals surface area (Å²) >= 11 is 0. The number of esters is 2. The van der Waals surface area contributed by atoms with Crippen molar-refractivity contribution in [3.05, 3.63) is 12.2 Å². The number of aliphatic hydroxyl groups excluding tert-OH is 2. The number of rotatable bonds is 1. The average Bonchev–Trinajstić information content (AvgIpc) is 2.22. The van der Waals surface area contributed by atoms with Crippen LogP contribution in [0.4, 0.5) is 0 Å². The Bertz CT molecular complexity index is 233. The summed E-state index contributed by atoms with van der Waals surface area (Å²) in [5.74, 6) is -1.01. The van der Waals surface area contributed by atoms with Crippen LogP contribution >= 0.6 is 0 Å². The van der Waals surface area contributed by atoms with Gasteiger partial charge in [0, 0.05) is 12.2 Å². The van der Waals surface area contributed by atoms with Gasteiger partial charge in [-0.1, -0.05) is 0 Å². The highest BCUT2D eigenvalue weighted by Gasteiger charge is 2.12. The third-order valence-electron chi connectivity index (χ3n) is 1.23. The Balaban J connectivity index is 0.000000423. The molecule has 1 aliphatic heterocycles. The summed E-state index contributed by atoms with van der Waals surface area (Å²) in [6, 6.07) is 0. The number of aliphatic hydroxyl groups is 2. The molecule has 2 N–H and O–H groups in total. The molecule has 0 fully saturated rings. The highest BCUT2D eigenvalue weighted by atomic mass is 16.6. The van der Waals surface area contributed by atoms with Gasteiger partial charge in [0.05, 0.1) is 13.2 Å². The van der Waals surface area contributed by atoms with Gasteiger partial charge in [0.2, 0.25) is 0 Å². The fraction of sp³-hybridized carbons (Fsp3) is 0.556. The lowest BCUT2D eigenvalue weighted by molar-refractivity contribution is -0.153. The largest absolute Gasteiger partial charge is 0.459 e. The third kappa shape index (κ3) is 7.65. The first-order chi connectivity index (χ1) is 7.10. The molecule has 0 aromatic rings. The maximum atomic E-state index is 10.7. The molecule has 0 amide bonds. The first-order valence-electron chi connectivity index (χ1n) is 4.37. The van der Waals surface area contributed by atoms with Crippen molar-refractivity contribution in [3.63, 3.8) is 0 Å². The molecule has 1 heterocycles. The van der Waals surface area contributed by atoms with Crippen molar-refractivity contribution in [2.75, 3.05) is 19.8 Å². The third-order valence-corrected chi connectivity index (χ3v) is 1.23. The number of hydrogen-bond acceptors (Lipinski definition) is 6. The number of carbonyl (C=O) groups excluding carboxylic acids is 2. The van der Waals surface area contributed by atoms with E-state index >= 15 is 0 Å². The van der Waals surface area contributed by atoms with Crippen molar-refractivity contribution >= 4 is 11.9 Å². The van der Waals surface area contributed by atoms with Gasteiger partial charge < -0.3 is 19.7 Å². The van der Waals surface area contributed by atoms with Gasteiger partial charge in [-0.05, 0) is 6.92 Å². The van der Waals surface area contributed by atoms with E-state index in [1.165, 1.54) is 0 Å². The Morgan fingerprint density at radius 3 is 2.33 bits per heavy atom. The van der Waals surface area contributed by atoms with E-state index in [1.807, 2.05) is 0 Å². The molecule has 86 valence electrons.